The molecule has 3 aromatic heterocycles. The Bertz CT molecular complexity index is 1630. The molecule has 35 heavy (non-hydrogen) atoms. The van der Waals surface area contributed by atoms with Crippen molar-refractivity contribution >= 4 is 45.1 Å². The zero-order valence-corrected chi connectivity index (χ0v) is 19.6. The van der Waals surface area contributed by atoms with E-state index in [1.165, 1.54) is 17.8 Å². The Hall–Kier alpha value is -3.97. The van der Waals surface area contributed by atoms with Gasteiger partial charge in [0, 0.05) is 65.0 Å². The third-order valence-electron chi connectivity index (χ3n) is 6.53. The average molecular weight is 486 g/mol. The zero-order chi connectivity index (χ0) is 24.1. The molecule has 1 unspecified atom stereocenters. The number of halogens is 2. The Balaban J connectivity index is 1.25. The van der Waals surface area contributed by atoms with Crippen molar-refractivity contribution in [3.05, 3.63) is 99.7 Å². The van der Waals surface area contributed by atoms with Crippen molar-refractivity contribution in [2.24, 2.45) is 0 Å². The third kappa shape index (κ3) is 3.88. The number of aryl methyl sites for hydroxylation is 1. The van der Waals surface area contributed by atoms with Crippen LogP contribution < -0.4 is 10.6 Å². The fourth-order valence-electron chi connectivity index (χ4n) is 4.65. The Morgan fingerprint density at radius 2 is 2.06 bits per heavy atom. The van der Waals surface area contributed by atoms with Gasteiger partial charge in [-0.2, -0.15) is 0 Å². The largest absolute Gasteiger partial charge is 0.369 e. The molecule has 6 nitrogen and oxygen atoms in total. The second-order valence-electron chi connectivity index (χ2n) is 8.87. The van der Waals surface area contributed by atoms with Crippen LogP contribution >= 0.6 is 11.6 Å². The summed E-state index contributed by atoms with van der Waals surface area (Å²) in [5.41, 5.74) is 5.52. The number of nitrogens with zero attached hydrogens (tertiary/aromatic N) is 2. The lowest BCUT2D eigenvalue weighted by molar-refractivity contribution is 0.0950. The summed E-state index contributed by atoms with van der Waals surface area (Å²) in [4.78, 5) is 24.9. The summed E-state index contributed by atoms with van der Waals surface area (Å²) in [6, 6.07) is 13.2. The molecule has 0 bridgehead atoms. The van der Waals surface area contributed by atoms with Crippen molar-refractivity contribution in [1.29, 1.82) is 0 Å². The van der Waals surface area contributed by atoms with Crippen molar-refractivity contribution in [1.82, 2.24) is 20.3 Å². The van der Waals surface area contributed by atoms with Gasteiger partial charge in [0.2, 0.25) is 0 Å². The highest BCUT2D eigenvalue weighted by Gasteiger charge is 2.27. The van der Waals surface area contributed by atoms with Crippen LogP contribution in [0.2, 0.25) is 5.02 Å². The first kappa shape index (κ1) is 21.6. The molecule has 1 amide bonds. The van der Waals surface area contributed by atoms with Gasteiger partial charge in [0.1, 0.15) is 11.6 Å². The summed E-state index contributed by atoms with van der Waals surface area (Å²) in [5.74, 6) is 0.0531. The third-order valence-corrected chi connectivity index (χ3v) is 6.84. The topological polar surface area (TPSA) is 82.7 Å². The highest BCUT2D eigenvalue weighted by Crippen LogP contribution is 2.36. The molecule has 0 saturated heterocycles. The number of aromatic amines is 1. The quantitative estimate of drug-likeness (QED) is 0.305. The van der Waals surface area contributed by atoms with Gasteiger partial charge < -0.3 is 15.6 Å². The smallest absolute Gasteiger partial charge is 0.253 e. The van der Waals surface area contributed by atoms with Crippen molar-refractivity contribution in [3.8, 4) is 0 Å². The van der Waals surface area contributed by atoms with Crippen LogP contribution in [0.1, 0.15) is 38.5 Å². The SMILES string of the molecule is Cc1ccc2ncc(C3CNc4ncc(C(=O)NCc5cc6c(Cl)c[nH]c6cc5F)cc43)cc2c1. The first-order valence-corrected chi connectivity index (χ1v) is 11.7. The van der Waals surface area contributed by atoms with E-state index in [2.05, 4.69) is 44.6 Å². The summed E-state index contributed by atoms with van der Waals surface area (Å²) in [7, 11) is 0. The number of carbonyl (C=O) groups is 1. The molecule has 4 heterocycles. The van der Waals surface area contributed by atoms with Gasteiger partial charge in [0.15, 0.2) is 0 Å². The Morgan fingerprint density at radius 3 is 2.94 bits per heavy atom. The van der Waals surface area contributed by atoms with Crippen molar-refractivity contribution in [2.45, 2.75) is 19.4 Å². The van der Waals surface area contributed by atoms with Crippen molar-refractivity contribution in [3.63, 3.8) is 0 Å². The summed E-state index contributed by atoms with van der Waals surface area (Å²) < 4.78 is 14.5. The van der Waals surface area contributed by atoms with Crippen molar-refractivity contribution in [2.75, 3.05) is 11.9 Å². The van der Waals surface area contributed by atoms with Gasteiger partial charge in [0.05, 0.1) is 16.1 Å². The van der Waals surface area contributed by atoms with Crippen LogP contribution in [0.3, 0.4) is 0 Å². The fraction of sp³-hybridized carbons (Fsp3) is 0.148. The standard InChI is InChI=1S/C27H21ClFN5O/c1-14-2-3-24-15(4-14)5-16(9-30-24)21-12-33-26-19(21)7-18(11-32-26)27(35)34-10-17-6-20-22(28)13-31-25(20)8-23(17)29/h2-9,11,13,21,31H,10,12H2,1H3,(H,32,33)(H,34,35). The number of amides is 1. The zero-order valence-electron chi connectivity index (χ0n) is 18.8. The van der Waals surface area contributed by atoms with E-state index in [1.807, 2.05) is 24.4 Å². The van der Waals surface area contributed by atoms with E-state index in [4.69, 9.17) is 11.6 Å². The molecule has 1 atom stereocenters. The van der Waals surface area contributed by atoms with Crippen LogP contribution in [0, 0.1) is 12.7 Å². The molecule has 2 aromatic carbocycles. The molecule has 0 saturated carbocycles. The Labute approximate surface area is 205 Å². The predicted octanol–water partition coefficient (Wildman–Crippen LogP) is 5.70. The van der Waals surface area contributed by atoms with Gasteiger partial charge in [-0.15, -0.1) is 0 Å². The molecular weight excluding hydrogens is 465 g/mol. The van der Waals surface area contributed by atoms with Crippen LogP contribution in [-0.2, 0) is 6.54 Å². The van der Waals surface area contributed by atoms with Gasteiger partial charge in [-0.3, -0.25) is 9.78 Å². The molecular formula is C27H21ClFN5O. The van der Waals surface area contributed by atoms with Crippen LogP contribution in [0.15, 0.2) is 61.1 Å². The number of aromatic nitrogens is 3. The molecule has 6 rings (SSSR count). The van der Waals surface area contributed by atoms with Gasteiger partial charge in [-0.1, -0.05) is 23.2 Å². The number of anilines is 1. The molecule has 3 N–H and O–H groups in total. The molecule has 0 spiro atoms. The maximum atomic E-state index is 14.5. The second-order valence-corrected chi connectivity index (χ2v) is 9.28. The number of H-pyrrole nitrogens is 1. The summed E-state index contributed by atoms with van der Waals surface area (Å²) >= 11 is 6.15. The van der Waals surface area contributed by atoms with E-state index in [0.29, 0.717) is 33.6 Å². The summed E-state index contributed by atoms with van der Waals surface area (Å²) in [6.45, 7) is 2.77. The molecule has 0 fully saturated rings. The summed E-state index contributed by atoms with van der Waals surface area (Å²) in [5, 5.41) is 8.43. The maximum Gasteiger partial charge on any atom is 0.253 e. The molecule has 174 valence electrons. The van der Waals surface area contributed by atoms with E-state index in [1.54, 1.807) is 12.3 Å². The van der Waals surface area contributed by atoms with Crippen LogP contribution in [0.25, 0.3) is 21.8 Å². The highest BCUT2D eigenvalue weighted by molar-refractivity contribution is 6.35. The fourth-order valence-corrected chi connectivity index (χ4v) is 4.86. The first-order valence-electron chi connectivity index (χ1n) is 11.3. The minimum Gasteiger partial charge on any atom is -0.369 e. The van der Waals surface area contributed by atoms with E-state index in [-0.39, 0.29) is 18.4 Å². The number of pyridine rings is 2. The number of nitrogens with one attached hydrogen (secondary N) is 3. The molecule has 0 aliphatic carbocycles. The number of carbonyl (C=O) groups excluding carboxylic acids is 1. The molecule has 5 aromatic rings. The maximum absolute atomic E-state index is 14.5. The number of fused-ring (bicyclic) bond motifs is 3. The van der Waals surface area contributed by atoms with Gasteiger partial charge in [-0.25, -0.2) is 9.37 Å². The Morgan fingerprint density at radius 1 is 1.17 bits per heavy atom. The lowest BCUT2D eigenvalue weighted by atomic mass is 9.93. The lowest BCUT2D eigenvalue weighted by Gasteiger charge is -2.13. The number of rotatable bonds is 4. The number of hydrogen-bond donors (Lipinski definition) is 3. The van der Waals surface area contributed by atoms with Gasteiger partial charge >= 0.3 is 0 Å². The van der Waals surface area contributed by atoms with E-state index in [0.717, 1.165) is 27.8 Å². The minimum atomic E-state index is -0.410. The average Bonchev–Trinajstić information content (AvgIpc) is 3.44. The van der Waals surface area contributed by atoms with Crippen molar-refractivity contribution < 1.29 is 9.18 Å². The van der Waals surface area contributed by atoms with Gasteiger partial charge in [-0.05, 0) is 48.9 Å². The highest BCUT2D eigenvalue weighted by atomic mass is 35.5. The first-order chi connectivity index (χ1) is 17.0. The molecule has 1 aliphatic heterocycles. The van der Waals surface area contributed by atoms with Gasteiger partial charge in [0.25, 0.3) is 5.91 Å². The summed E-state index contributed by atoms with van der Waals surface area (Å²) in [6.07, 6.45) is 5.03. The lowest BCUT2D eigenvalue weighted by Crippen LogP contribution is -2.23. The van der Waals surface area contributed by atoms with E-state index >= 15 is 0 Å². The minimum absolute atomic E-state index is 0.0262. The number of benzene rings is 2. The number of hydrogen-bond acceptors (Lipinski definition) is 4. The van der Waals surface area contributed by atoms with Crippen LogP contribution in [0.5, 0.6) is 0 Å². The molecule has 0 radical (unpaired) electrons. The monoisotopic (exact) mass is 485 g/mol. The predicted molar refractivity (Wildman–Crippen MR) is 135 cm³/mol. The van der Waals surface area contributed by atoms with E-state index in [9.17, 15) is 9.18 Å². The molecule has 1 aliphatic rings. The Kier molecular flexibility index (Phi) is 5.15. The second kappa shape index (κ2) is 8.36. The van der Waals surface area contributed by atoms with Crippen LogP contribution in [-0.4, -0.2) is 27.4 Å². The molecule has 8 heteroatoms. The van der Waals surface area contributed by atoms with Crippen LogP contribution in [0.4, 0.5) is 10.2 Å². The van der Waals surface area contributed by atoms with E-state index < -0.39 is 5.82 Å². The normalized spacial score (nSPS) is 14.8.